The lowest BCUT2D eigenvalue weighted by atomic mass is 9.54. The van der Waals surface area contributed by atoms with Crippen molar-refractivity contribution in [2.45, 2.75) is 38.1 Å². The SMILES string of the molecule is N=C(Nc1ccc2cccc3c2c1C=C3Br)NC1C2CC3CC(C2)CC1C3. The summed E-state index contributed by atoms with van der Waals surface area (Å²) in [5.74, 6) is 3.94. The van der Waals surface area contributed by atoms with Crippen LogP contribution in [0.15, 0.2) is 30.3 Å². The van der Waals surface area contributed by atoms with Crippen LogP contribution in [-0.4, -0.2) is 12.0 Å². The lowest BCUT2D eigenvalue weighted by Gasteiger charge is -2.54. The van der Waals surface area contributed by atoms with E-state index in [4.69, 9.17) is 5.41 Å². The largest absolute Gasteiger partial charge is 0.353 e. The second-order valence-electron chi connectivity index (χ2n) is 9.02. The van der Waals surface area contributed by atoms with Gasteiger partial charge in [0.25, 0.3) is 0 Å². The molecule has 5 aliphatic carbocycles. The minimum Gasteiger partial charge on any atom is -0.353 e. The van der Waals surface area contributed by atoms with Crippen LogP contribution in [0.2, 0.25) is 0 Å². The number of nitrogens with one attached hydrogen (secondary N) is 3. The number of halogens is 1. The molecule has 0 radical (unpaired) electrons. The Balaban J connectivity index is 1.25. The average molecular weight is 422 g/mol. The van der Waals surface area contributed by atoms with Crippen molar-refractivity contribution in [3.05, 3.63) is 41.5 Å². The van der Waals surface area contributed by atoms with Gasteiger partial charge in [0.1, 0.15) is 0 Å². The maximum absolute atomic E-state index is 8.60. The molecule has 138 valence electrons. The smallest absolute Gasteiger partial charge is 0.193 e. The van der Waals surface area contributed by atoms with Crippen LogP contribution in [-0.2, 0) is 0 Å². The van der Waals surface area contributed by atoms with Crippen molar-refractivity contribution in [3.8, 4) is 0 Å². The van der Waals surface area contributed by atoms with Crippen molar-refractivity contribution in [1.82, 2.24) is 5.32 Å². The molecule has 3 nitrogen and oxygen atoms in total. The number of hydrogen-bond donors (Lipinski definition) is 3. The molecule has 5 aliphatic rings. The Labute approximate surface area is 168 Å². The standard InChI is InChI=1S/C23H24BrN3/c24-19-11-18-20(5-4-14-2-1-3-17(19)21(14)18)26-23(25)27-22-15-7-12-6-13(9-15)10-16(22)8-12/h1-5,11-13,15-16,22H,6-10H2,(H3,25,26,27). The second kappa shape index (κ2) is 5.84. The van der Waals surface area contributed by atoms with Crippen molar-refractivity contribution >= 4 is 48.9 Å². The van der Waals surface area contributed by atoms with Crippen LogP contribution in [0.1, 0.15) is 43.2 Å². The molecule has 4 heteroatoms. The van der Waals surface area contributed by atoms with Crippen LogP contribution < -0.4 is 10.6 Å². The fourth-order valence-corrected chi connectivity index (χ4v) is 7.13. The molecular weight excluding hydrogens is 398 g/mol. The first-order chi connectivity index (χ1) is 13.2. The van der Waals surface area contributed by atoms with Crippen LogP contribution in [0.3, 0.4) is 0 Å². The van der Waals surface area contributed by atoms with Crippen molar-refractivity contribution in [2.75, 3.05) is 5.32 Å². The van der Waals surface area contributed by atoms with Crippen molar-refractivity contribution in [1.29, 1.82) is 5.41 Å². The molecule has 0 heterocycles. The van der Waals surface area contributed by atoms with Gasteiger partial charge in [-0.25, -0.2) is 0 Å². The Morgan fingerprint density at radius 1 is 0.963 bits per heavy atom. The van der Waals surface area contributed by atoms with E-state index in [-0.39, 0.29) is 0 Å². The Hall–Kier alpha value is -1.81. The van der Waals surface area contributed by atoms with Crippen LogP contribution in [0.4, 0.5) is 5.69 Å². The quantitative estimate of drug-likeness (QED) is 0.423. The summed E-state index contributed by atoms with van der Waals surface area (Å²) >= 11 is 3.70. The Morgan fingerprint density at radius 3 is 2.44 bits per heavy atom. The summed E-state index contributed by atoms with van der Waals surface area (Å²) in [4.78, 5) is 0. The highest BCUT2D eigenvalue weighted by Gasteiger charge is 2.48. The summed E-state index contributed by atoms with van der Waals surface area (Å²) in [5.41, 5.74) is 3.45. The summed E-state index contributed by atoms with van der Waals surface area (Å²) in [7, 11) is 0. The molecule has 2 aromatic rings. The highest BCUT2D eigenvalue weighted by atomic mass is 79.9. The summed E-state index contributed by atoms with van der Waals surface area (Å²) in [5, 5.41) is 18.1. The minimum absolute atomic E-state index is 0.456. The van der Waals surface area contributed by atoms with E-state index in [9.17, 15) is 0 Å². The third-order valence-corrected chi connectivity index (χ3v) is 8.07. The van der Waals surface area contributed by atoms with E-state index in [0.29, 0.717) is 12.0 Å². The fourth-order valence-electron chi connectivity index (χ4n) is 6.57. The van der Waals surface area contributed by atoms with Gasteiger partial charge in [-0.1, -0.05) is 40.2 Å². The molecule has 27 heavy (non-hydrogen) atoms. The van der Waals surface area contributed by atoms with Crippen molar-refractivity contribution in [2.24, 2.45) is 23.7 Å². The molecule has 0 atom stereocenters. The molecule has 0 aromatic heterocycles. The number of rotatable bonds is 2. The molecule has 4 fully saturated rings. The summed E-state index contributed by atoms with van der Waals surface area (Å²) in [6, 6.07) is 11.2. The Kier molecular flexibility index (Phi) is 3.50. The zero-order valence-electron chi connectivity index (χ0n) is 15.3. The van der Waals surface area contributed by atoms with Crippen LogP contribution in [0.5, 0.6) is 0 Å². The number of hydrogen-bond acceptors (Lipinski definition) is 1. The van der Waals surface area contributed by atoms with E-state index < -0.39 is 0 Å². The maximum atomic E-state index is 8.60. The Bertz CT molecular complexity index is 965. The number of benzene rings is 2. The summed E-state index contributed by atoms with van der Waals surface area (Å²) in [6.45, 7) is 0. The molecule has 0 amide bonds. The average Bonchev–Trinajstić information content (AvgIpc) is 2.99. The van der Waals surface area contributed by atoms with Gasteiger partial charge < -0.3 is 10.6 Å². The van der Waals surface area contributed by atoms with E-state index in [1.807, 2.05) is 0 Å². The summed E-state index contributed by atoms with van der Waals surface area (Å²) < 4.78 is 1.12. The van der Waals surface area contributed by atoms with Gasteiger partial charge in [0.15, 0.2) is 5.96 Å². The zero-order chi connectivity index (χ0) is 18.1. The first-order valence-corrected chi connectivity index (χ1v) is 11.0. The van der Waals surface area contributed by atoms with Gasteiger partial charge >= 0.3 is 0 Å². The molecule has 0 spiro atoms. The van der Waals surface area contributed by atoms with E-state index in [2.05, 4.69) is 63.0 Å². The first kappa shape index (κ1) is 16.2. The van der Waals surface area contributed by atoms with Gasteiger partial charge in [0.2, 0.25) is 0 Å². The summed E-state index contributed by atoms with van der Waals surface area (Å²) in [6.07, 6.45) is 9.14. The predicted octanol–water partition coefficient (Wildman–Crippen LogP) is 5.81. The predicted molar refractivity (Wildman–Crippen MR) is 116 cm³/mol. The zero-order valence-corrected chi connectivity index (χ0v) is 16.9. The topological polar surface area (TPSA) is 47.9 Å². The van der Waals surface area contributed by atoms with Crippen LogP contribution >= 0.6 is 15.9 Å². The molecular formula is C23H24BrN3. The lowest BCUT2D eigenvalue weighted by molar-refractivity contribution is -0.00695. The van der Waals surface area contributed by atoms with Crippen LogP contribution in [0, 0.1) is 29.1 Å². The first-order valence-electron chi connectivity index (χ1n) is 10.2. The van der Waals surface area contributed by atoms with Gasteiger partial charge in [-0.05, 0) is 84.3 Å². The van der Waals surface area contributed by atoms with E-state index >= 15 is 0 Å². The Morgan fingerprint density at radius 2 is 1.70 bits per heavy atom. The minimum atomic E-state index is 0.456. The number of anilines is 1. The molecule has 7 rings (SSSR count). The monoisotopic (exact) mass is 421 g/mol. The molecule has 4 saturated carbocycles. The van der Waals surface area contributed by atoms with Crippen LogP contribution in [0.25, 0.3) is 21.3 Å². The molecule has 4 bridgehead atoms. The molecule has 0 aliphatic heterocycles. The molecule has 3 N–H and O–H groups in total. The molecule has 2 aromatic carbocycles. The van der Waals surface area contributed by atoms with Crippen molar-refractivity contribution in [3.63, 3.8) is 0 Å². The van der Waals surface area contributed by atoms with Gasteiger partial charge in [0.05, 0.1) is 0 Å². The van der Waals surface area contributed by atoms with Gasteiger partial charge in [-0.2, -0.15) is 0 Å². The van der Waals surface area contributed by atoms with Gasteiger partial charge in [-0.3, -0.25) is 5.41 Å². The third kappa shape index (κ3) is 2.49. The second-order valence-corrected chi connectivity index (χ2v) is 9.88. The normalized spacial score (nSPS) is 32.6. The molecule has 0 saturated heterocycles. The molecule has 0 unspecified atom stereocenters. The lowest BCUT2D eigenvalue weighted by Crippen LogP contribution is -2.56. The third-order valence-electron chi connectivity index (χ3n) is 7.41. The van der Waals surface area contributed by atoms with E-state index in [0.717, 1.165) is 33.8 Å². The van der Waals surface area contributed by atoms with Gasteiger partial charge in [-0.15, -0.1) is 0 Å². The van der Waals surface area contributed by atoms with Crippen molar-refractivity contribution < 1.29 is 0 Å². The maximum Gasteiger partial charge on any atom is 0.193 e. The highest BCUT2D eigenvalue weighted by molar-refractivity contribution is 9.15. The van der Waals surface area contributed by atoms with E-state index in [1.165, 1.54) is 54.0 Å². The number of guanidine groups is 1. The fraction of sp³-hybridized carbons (Fsp3) is 0.435. The highest BCUT2D eigenvalue weighted by Crippen LogP contribution is 2.53. The van der Waals surface area contributed by atoms with E-state index in [1.54, 1.807) is 0 Å². The van der Waals surface area contributed by atoms with Gasteiger partial charge in [0, 0.05) is 21.8 Å².